The molecule has 1 rings (SSSR count). The zero-order valence-corrected chi connectivity index (χ0v) is 5.96. The van der Waals surface area contributed by atoms with Crippen LogP contribution >= 0.6 is 0 Å². The molecule has 58 valence electrons. The fourth-order valence-corrected chi connectivity index (χ4v) is 0.368. The lowest BCUT2D eigenvalue weighted by molar-refractivity contribution is 0.0697. The van der Waals surface area contributed by atoms with Gasteiger partial charge >= 0.3 is 5.97 Å². The molecule has 4 nitrogen and oxygen atoms in total. The summed E-state index contributed by atoms with van der Waals surface area (Å²) in [4.78, 5) is 10.0. The molecule has 0 aliphatic carbocycles. The molecular formula is C6H12N2O2. The molecule has 0 aliphatic heterocycles. The molecule has 1 aromatic heterocycles. The predicted octanol–water partition coefficient (Wildman–Crippen LogP) is 1.38. The number of aromatic carboxylic acids is 1. The maximum atomic E-state index is 10.0. The number of aromatic nitrogens is 2. The molecule has 0 radical (unpaired) electrons. The van der Waals surface area contributed by atoms with Crippen molar-refractivity contribution in [3.05, 3.63) is 18.0 Å². The molecule has 0 amide bonds. The number of aromatic amines is 1. The van der Waals surface area contributed by atoms with E-state index in [1.807, 2.05) is 13.8 Å². The third-order valence-corrected chi connectivity index (χ3v) is 0.745. The summed E-state index contributed by atoms with van der Waals surface area (Å²) in [6.07, 6.45) is 2.57. The monoisotopic (exact) mass is 144 g/mol. The van der Waals surface area contributed by atoms with E-state index in [1.54, 1.807) is 0 Å². The Morgan fingerprint density at radius 2 is 2.40 bits per heavy atom. The highest BCUT2D eigenvalue weighted by atomic mass is 16.4. The number of hydrogen-bond donors (Lipinski definition) is 2. The molecule has 0 aromatic carbocycles. The summed E-state index contributed by atoms with van der Waals surface area (Å²) in [5.41, 5.74) is 0.185. The average Bonchev–Trinajstić information content (AvgIpc) is 2.42. The number of nitrogens with zero attached hydrogens (tertiary/aromatic N) is 1. The summed E-state index contributed by atoms with van der Waals surface area (Å²) >= 11 is 0. The smallest absolute Gasteiger partial charge is 0.338 e. The van der Waals surface area contributed by atoms with Crippen LogP contribution in [0.1, 0.15) is 25.6 Å². The van der Waals surface area contributed by atoms with Crippen molar-refractivity contribution in [2.75, 3.05) is 0 Å². The maximum absolute atomic E-state index is 10.0. The fourth-order valence-electron chi connectivity index (χ4n) is 0.368. The average molecular weight is 144 g/mol. The molecule has 0 spiro atoms. The van der Waals surface area contributed by atoms with Gasteiger partial charge in [0.05, 0.1) is 11.8 Å². The quantitative estimate of drug-likeness (QED) is 0.625. The van der Waals surface area contributed by atoms with Crippen LogP contribution < -0.4 is 0 Å². The van der Waals surface area contributed by atoms with Gasteiger partial charge in [-0.15, -0.1) is 0 Å². The molecule has 0 fully saturated rings. The van der Waals surface area contributed by atoms with Gasteiger partial charge in [0.2, 0.25) is 0 Å². The van der Waals surface area contributed by atoms with Crippen LogP contribution in [0.5, 0.6) is 0 Å². The molecular weight excluding hydrogens is 132 g/mol. The standard InChI is InChI=1S/C4H4N2O2.C2H6.H2/c7-4(8)3-1-5-6-2-3;1-2;/h1-2H,(H,5,6)(H,7,8);1-2H3;1H. The minimum Gasteiger partial charge on any atom is -0.478 e. The lowest BCUT2D eigenvalue weighted by Gasteiger charge is -1.77. The molecule has 2 N–H and O–H groups in total. The first kappa shape index (κ1) is 8.68. The largest absolute Gasteiger partial charge is 0.478 e. The predicted molar refractivity (Wildman–Crippen MR) is 39.0 cm³/mol. The first-order valence-corrected chi connectivity index (χ1v) is 3.03. The van der Waals surface area contributed by atoms with Crippen LogP contribution in [0.2, 0.25) is 0 Å². The Morgan fingerprint density at radius 1 is 1.80 bits per heavy atom. The highest BCUT2D eigenvalue weighted by Gasteiger charge is 1.99. The zero-order chi connectivity index (χ0) is 7.98. The molecule has 1 heterocycles. The van der Waals surface area contributed by atoms with E-state index in [0.717, 1.165) is 0 Å². The van der Waals surface area contributed by atoms with Gasteiger partial charge in [0.25, 0.3) is 0 Å². The van der Waals surface area contributed by atoms with Crippen molar-refractivity contribution in [3.8, 4) is 0 Å². The number of nitrogens with one attached hydrogen (secondary N) is 1. The zero-order valence-electron chi connectivity index (χ0n) is 5.96. The van der Waals surface area contributed by atoms with Crippen LogP contribution in [0, 0.1) is 0 Å². The van der Waals surface area contributed by atoms with Gasteiger partial charge in [-0.1, -0.05) is 13.8 Å². The third-order valence-electron chi connectivity index (χ3n) is 0.745. The molecule has 0 saturated heterocycles. The Labute approximate surface area is 60.4 Å². The minimum atomic E-state index is -0.959. The molecule has 0 atom stereocenters. The van der Waals surface area contributed by atoms with E-state index in [9.17, 15) is 4.79 Å². The minimum absolute atomic E-state index is 0. The fraction of sp³-hybridized carbons (Fsp3) is 0.333. The second-order valence-corrected chi connectivity index (χ2v) is 1.29. The summed E-state index contributed by atoms with van der Waals surface area (Å²) in [6.45, 7) is 4.00. The van der Waals surface area contributed by atoms with Gasteiger partial charge in [-0.3, -0.25) is 5.10 Å². The van der Waals surface area contributed by atoms with Gasteiger partial charge < -0.3 is 5.11 Å². The number of hydrogen-bond acceptors (Lipinski definition) is 2. The van der Waals surface area contributed by atoms with Crippen molar-refractivity contribution < 1.29 is 11.3 Å². The van der Waals surface area contributed by atoms with Crippen molar-refractivity contribution in [2.45, 2.75) is 13.8 Å². The lowest BCUT2D eigenvalue weighted by atomic mass is 10.4. The van der Waals surface area contributed by atoms with E-state index in [4.69, 9.17) is 5.11 Å². The molecule has 0 saturated carbocycles. The van der Waals surface area contributed by atoms with Crippen molar-refractivity contribution in [3.63, 3.8) is 0 Å². The van der Waals surface area contributed by atoms with E-state index in [1.165, 1.54) is 12.4 Å². The second kappa shape index (κ2) is 4.55. The molecule has 1 aromatic rings. The van der Waals surface area contributed by atoms with Crippen molar-refractivity contribution in [1.29, 1.82) is 0 Å². The maximum Gasteiger partial charge on any atom is 0.338 e. The van der Waals surface area contributed by atoms with E-state index in [0.29, 0.717) is 0 Å². The summed E-state index contributed by atoms with van der Waals surface area (Å²) in [6, 6.07) is 0. The van der Waals surface area contributed by atoms with Crippen LogP contribution in [-0.4, -0.2) is 21.3 Å². The Morgan fingerprint density at radius 3 is 2.60 bits per heavy atom. The summed E-state index contributed by atoms with van der Waals surface area (Å²) in [5, 5.41) is 14.0. The highest BCUT2D eigenvalue weighted by molar-refractivity contribution is 5.86. The molecule has 0 bridgehead atoms. The lowest BCUT2D eigenvalue weighted by Crippen LogP contribution is -1.91. The van der Waals surface area contributed by atoms with Crippen molar-refractivity contribution >= 4 is 5.97 Å². The van der Waals surface area contributed by atoms with Gasteiger partial charge in [-0.25, -0.2) is 4.79 Å². The van der Waals surface area contributed by atoms with E-state index >= 15 is 0 Å². The van der Waals surface area contributed by atoms with E-state index in [-0.39, 0.29) is 6.99 Å². The van der Waals surface area contributed by atoms with Crippen LogP contribution in [0.3, 0.4) is 0 Å². The van der Waals surface area contributed by atoms with Crippen molar-refractivity contribution in [2.24, 2.45) is 0 Å². The summed E-state index contributed by atoms with van der Waals surface area (Å²) < 4.78 is 0. The van der Waals surface area contributed by atoms with Gasteiger partial charge in [0.1, 0.15) is 0 Å². The number of rotatable bonds is 1. The first-order chi connectivity index (χ1) is 4.80. The SMILES string of the molecule is CC.O=C(O)c1cn[nH]c1.[HH]. The number of H-pyrrole nitrogens is 1. The number of carbonyl (C=O) groups is 1. The molecule has 4 heteroatoms. The normalized spacial score (nSPS) is 7.80. The molecule has 0 aliphatic rings. The second-order valence-electron chi connectivity index (χ2n) is 1.29. The summed E-state index contributed by atoms with van der Waals surface area (Å²) in [5.74, 6) is -0.959. The van der Waals surface area contributed by atoms with E-state index in [2.05, 4.69) is 10.2 Å². The van der Waals surface area contributed by atoms with Gasteiger partial charge in [0, 0.05) is 7.62 Å². The van der Waals surface area contributed by atoms with Gasteiger partial charge in [-0.05, 0) is 0 Å². The Kier molecular flexibility index (Phi) is 3.95. The molecule has 10 heavy (non-hydrogen) atoms. The topological polar surface area (TPSA) is 66.0 Å². The van der Waals surface area contributed by atoms with Crippen LogP contribution in [0.15, 0.2) is 12.4 Å². The van der Waals surface area contributed by atoms with Gasteiger partial charge in [0.15, 0.2) is 0 Å². The van der Waals surface area contributed by atoms with Crippen LogP contribution in [0.4, 0.5) is 0 Å². The summed E-state index contributed by atoms with van der Waals surface area (Å²) in [7, 11) is 0. The van der Waals surface area contributed by atoms with E-state index < -0.39 is 5.97 Å². The number of carboxylic acid groups (broad SMARTS) is 1. The Balaban J connectivity index is 0. The van der Waals surface area contributed by atoms with Crippen LogP contribution in [-0.2, 0) is 0 Å². The molecule has 0 unspecified atom stereocenters. The van der Waals surface area contributed by atoms with Crippen molar-refractivity contribution in [1.82, 2.24) is 10.2 Å². The number of carboxylic acids is 1. The Hall–Kier alpha value is -1.32. The van der Waals surface area contributed by atoms with Gasteiger partial charge in [-0.2, -0.15) is 5.10 Å². The third kappa shape index (κ3) is 2.30. The first-order valence-electron chi connectivity index (χ1n) is 3.03. The Bertz CT molecular complexity index is 186. The van der Waals surface area contributed by atoms with Crippen LogP contribution in [0.25, 0.3) is 0 Å². The highest BCUT2D eigenvalue weighted by Crippen LogP contribution is 1.90.